The van der Waals surface area contributed by atoms with Crippen LogP contribution >= 0.6 is 0 Å². The third kappa shape index (κ3) is 6.39. The van der Waals surface area contributed by atoms with Crippen molar-refractivity contribution >= 4 is 55.2 Å². The molecular weight excluding hydrogens is 665 g/mol. The second kappa shape index (κ2) is 14.6. The third-order valence-corrected chi connectivity index (χ3v) is 10.4. The minimum Gasteiger partial charge on any atom is -0.311 e. The highest BCUT2D eigenvalue weighted by molar-refractivity contribution is 6.13. The first-order chi connectivity index (χ1) is 27.2. The van der Waals surface area contributed by atoms with Crippen LogP contribution in [0.15, 0.2) is 206 Å². The maximum atomic E-state index is 5.66. The van der Waals surface area contributed by atoms with Crippen molar-refractivity contribution in [2.75, 3.05) is 4.90 Å². The molecule has 9 rings (SSSR count). The van der Waals surface area contributed by atoms with Gasteiger partial charge in [0.2, 0.25) is 0 Å². The summed E-state index contributed by atoms with van der Waals surface area (Å²) >= 11 is 0. The summed E-state index contributed by atoms with van der Waals surface area (Å²) in [6.45, 7) is 2.01. The lowest BCUT2D eigenvalue weighted by atomic mass is 10.0. The molecule has 0 unspecified atom stereocenters. The first kappa shape index (κ1) is 33.5. The number of fused-ring (bicyclic) bond motifs is 4. The number of benzene rings is 8. The third-order valence-electron chi connectivity index (χ3n) is 10.4. The Morgan fingerprint density at radius 3 is 1.75 bits per heavy atom. The fourth-order valence-electron chi connectivity index (χ4n) is 7.74. The van der Waals surface area contributed by atoms with E-state index in [1.165, 1.54) is 43.7 Å². The van der Waals surface area contributed by atoms with E-state index in [1.54, 1.807) is 0 Å². The molecule has 0 radical (unpaired) electrons. The molecule has 260 valence electrons. The Morgan fingerprint density at radius 1 is 0.509 bits per heavy atom. The zero-order chi connectivity index (χ0) is 37.1. The van der Waals surface area contributed by atoms with Crippen LogP contribution in [-0.2, 0) is 0 Å². The van der Waals surface area contributed by atoms with Crippen LogP contribution in [0.2, 0.25) is 0 Å². The molecule has 0 saturated carbocycles. The SMILES string of the molecule is C#C/C=C(\C=C/C)c1ccc(N(c2ccc(-c3ccccc3)cc2)c2ccc(-c3cccc(-n4c5ccccc5c5cc6ccccc6cc54)c3)cc2)cc1. The number of terminal acetylenes is 1. The molecule has 0 amide bonds. The van der Waals surface area contributed by atoms with Gasteiger partial charge in [-0.15, -0.1) is 6.42 Å². The van der Waals surface area contributed by atoms with Gasteiger partial charge in [0.05, 0.1) is 11.0 Å². The predicted molar refractivity (Wildman–Crippen MR) is 235 cm³/mol. The fourth-order valence-corrected chi connectivity index (χ4v) is 7.74. The second-order valence-electron chi connectivity index (χ2n) is 13.7. The van der Waals surface area contributed by atoms with E-state index in [4.69, 9.17) is 6.42 Å². The van der Waals surface area contributed by atoms with Crippen LogP contribution < -0.4 is 4.90 Å². The van der Waals surface area contributed by atoms with Gasteiger partial charge in [-0.25, -0.2) is 0 Å². The highest BCUT2D eigenvalue weighted by Gasteiger charge is 2.16. The summed E-state index contributed by atoms with van der Waals surface area (Å²) in [6, 6.07) is 67.7. The van der Waals surface area contributed by atoms with E-state index in [0.29, 0.717) is 0 Å². The maximum absolute atomic E-state index is 5.66. The smallest absolute Gasteiger partial charge is 0.0547 e. The molecule has 8 aromatic carbocycles. The van der Waals surface area contributed by atoms with Gasteiger partial charge in [-0.3, -0.25) is 0 Å². The van der Waals surface area contributed by atoms with Crippen LogP contribution in [0, 0.1) is 12.3 Å². The van der Waals surface area contributed by atoms with E-state index in [0.717, 1.165) is 45.0 Å². The molecule has 1 aromatic heterocycles. The number of nitrogens with zero attached hydrogens (tertiary/aromatic N) is 2. The number of para-hydroxylation sites is 1. The molecule has 0 atom stereocenters. The molecule has 0 N–H and O–H groups in total. The summed E-state index contributed by atoms with van der Waals surface area (Å²) in [5.41, 5.74) is 13.5. The molecule has 2 heteroatoms. The van der Waals surface area contributed by atoms with Crippen molar-refractivity contribution in [3.8, 4) is 40.3 Å². The standard InChI is InChI=1S/C53H38N2/c1-3-13-38(14-4-2)40-23-29-46(30-24-40)54(47-31-25-41(26-32-47)39-15-6-5-7-16-39)48-33-27-42(28-34-48)43-19-12-20-49(35-43)55-52-22-11-10-21-50(52)51-36-44-17-8-9-18-45(44)37-53(51)55/h1,4-37H,2H3/b14-4-,38-13+. The van der Waals surface area contributed by atoms with Crippen LogP contribution in [0.5, 0.6) is 0 Å². The molecule has 55 heavy (non-hydrogen) atoms. The van der Waals surface area contributed by atoms with Crippen molar-refractivity contribution in [1.82, 2.24) is 4.57 Å². The molecule has 0 aliphatic heterocycles. The van der Waals surface area contributed by atoms with Gasteiger partial charge >= 0.3 is 0 Å². The fraction of sp³-hybridized carbons (Fsp3) is 0.0189. The second-order valence-corrected chi connectivity index (χ2v) is 13.7. The van der Waals surface area contributed by atoms with E-state index >= 15 is 0 Å². The maximum Gasteiger partial charge on any atom is 0.0547 e. The number of allylic oxidation sites excluding steroid dienone is 4. The van der Waals surface area contributed by atoms with E-state index in [-0.39, 0.29) is 0 Å². The van der Waals surface area contributed by atoms with Gasteiger partial charge in [-0.2, -0.15) is 0 Å². The van der Waals surface area contributed by atoms with Gasteiger partial charge < -0.3 is 9.47 Å². The van der Waals surface area contributed by atoms with E-state index in [1.807, 2.05) is 25.2 Å². The van der Waals surface area contributed by atoms with Crippen LogP contribution in [0.3, 0.4) is 0 Å². The minimum atomic E-state index is 1.01. The van der Waals surface area contributed by atoms with Crippen molar-refractivity contribution in [2.24, 2.45) is 0 Å². The number of hydrogen-bond acceptors (Lipinski definition) is 1. The van der Waals surface area contributed by atoms with Crippen LogP contribution in [-0.4, -0.2) is 4.57 Å². The van der Waals surface area contributed by atoms with Gasteiger partial charge in [0.25, 0.3) is 0 Å². The Bertz CT molecular complexity index is 2900. The van der Waals surface area contributed by atoms with E-state index in [9.17, 15) is 0 Å². The van der Waals surface area contributed by atoms with Crippen LogP contribution in [0.4, 0.5) is 17.1 Å². The molecule has 9 aromatic rings. The highest BCUT2D eigenvalue weighted by atomic mass is 15.1. The van der Waals surface area contributed by atoms with E-state index < -0.39 is 0 Å². The van der Waals surface area contributed by atoms with Gasteiger partial charge in [0.1, 0.15) is 0 Å². The molecule has 1 heterocycles. The Balaban J connectivity index is 1.10. The molecular formula is C53H38N2. The summed E-state index contributed by atoms with van der Waals surface area (Å²) in [6.07, 6.45) is 11.5. The largest absolute Gasteiger partial charge is 0.311 e. The lowest BCUT2D eigenvalue weighted by Gasteiger charge is -2.26. The summed E-state index contributed by atoms with van der Waals surface area (Å²) < 4.78 is 2.40. The molecule has 0 aliphatic rings. The zero-order valence-electron chi connectivity index (χ0n) is 30.6. The molecule has 2 nitrogen and oxygen atoms in total. The number of rotatable bonds is 8. The van der Waals surface area contributed by atoms with Crippen LogP contribution in [0.1, 0.15) is 12.5 Å². The van der Waals surface area contributed by atoms with Crippen molar-refractivity contribution < 1.29 is 0 Å². The predicted octanol–water partition coefficient (Wildman–Crippen LogP) is 14.3. The van der Waals surface area contributed by atoms with Crippen molar-refractivity contribution in [3.63, 3.8) is 0 Å². The summed E-state index contributed by atoms with van der Waals surface area (Å²) in [5, 5.41) is 5.01. The first-order valence-electron chi connectivity index (χ1n) is 18.7. The summed E-state index contributed by atoms with van der Waals surface area (Å²) in [7, 11) is 0. The Kier molecular flexibility index (Phi) is 8.88. The van der Waals surface area contributed by atoms with Gasteiger partial charge in [-0.1, -0.05) is 139 Å². The minimum absolute atomic E-state index is 1.01. The molecule has 0 aliphatic carbocycles. The summed E-state index contributed by atoms with van der Waals surface area (Å²) in [4.78, 5) is 2.31. The lowest BCUT2D eigenvalue weighted by molar-refractivity contribution is 1.18. The molecule has 0 fully saturated rings. The zero-order valence-corrected chi connectivity index (χ0v) is 30.6. The Morgan fingerprint density at radius 2 is 1.07 bits per heavy atom. The lowest BCUT2D eigenvalue weighted by Crippen LogP contribution is -2.10. The quantitative estimate of drug-likeness (QED) is 0.113. The van der Waals surface area contributed by atoms with Crippen molar-refractivity contribution in [3.05, 3.63) is 212 Å². The van der Waals surface area contributed by atoms with Gasteiger partial charge in [0.15, 0.2) is 0 Å². The number of hydrogen-bond donors (Lipinski definition) is 0. The van der Waals surface area contributed by atoms with Crippen LogP contribution in [0.25, 0.3) is 66.1 Å². The monoisotopic (exact) mass is 702 g/mol. The molecule has 0 bridgehead atoms. The summed E-state index contributed by atoms with van der Waals surface area (Å²) in [5.74, 6) is 2.69. The topological polar surface area (TPSA) is 8.17 Å². The average molecular weight is 703 g/mol. The Labute approximate surface area is 322 Å². The molecule has 0 spiro atoms. The average Bonchev–Trinajstić information content (AvgIpc) is 3.57. The number of anilines is 3. The molecule has 0 saturated heterocycles. The Hall–Kier alpha value is -7.34. The highest BCUT2D eigenvalue weighted by Crippen LogP contribution is 2.39. The van der Waals surface area contributed by atoms with Gasteiger partial charge in [0, 0.05) is 33.5 Å². The van der Waals surface area contributed by atoms with Crippen molar-refractivity contribution in [1.29, 1.82) is 0 Å². The van der Waals surface area contributed by atoms with E-state index in [2.05, 4.69) is 203 Å². The number of aromatic nitrogens is 1. The van der Waals surface area contributed by atoms with Gasteiger partial charge in [-0.05, 0) is 124 Å². The first-order valence-corrected chi connectivity index (χ1v) is 18.7. The normalized spacial score (nSPS) is 11.7. The van der Waals surface area contributed by atoms with Crippen molar-refractivity contribution in [2.45, 2.75) is 6.92 Å².